The molecule has 1 amide bonds. The normalized spacial score (nSPS) is 16.8. The first kappa shape index (κ1) is 20.9. The molecular formula is C30H26N2O. The number of benzene rings is 4. The second kappa shape index (κ2) is 8.87. The van der Waals surface area contributed by atoms with Gasteiger partial charge in [0.25, 0.3) is 0 Å². The van der Waals surface area contributed by atoms with E-state index in [1.54, 1.807) is 0 Å². The van der Waals surface area contributed by atoms with Gasteiger partial charge in [0.15, 0.2) is 0 Å². The molecule has 4 aromatic carbocycles. The summed E-state index contributed by atoms with van der Waals surface area (Å²) in [5, 5.41) is 4.43. The van der Waals surface area contributed by atoms with Gasteiger partial charge in [-0.05, 0) is 41.2 Å². The van der Waals surface area contributed by atoms with Gasteiger partial charge in [-0.3, -0.25) is 4.79 Å². The Hall–Kier alpha value is -3.98. The van der Waals surface area contributed by atoms with Gasteiger partial charge >= 0.3 is 0 Å². The molecule has 0 bridgehead atoms. The average molecular weight is 431 g/mol. The molecule has 1 saturated carbocycles. The van der Waals surface area contributed by atoms with Crippen LogP contribution in [-0.2, 0) is 10.2 Å². The quantitative estimate of drug-likeness (QED) is 0.287. The molecule has 1 unspecified atom stereocenters. The number of hydrogen-bond acceptors (Lipinski definition) is 2. The Labute approximate surface area is 194 Å². The third-order valence-corrected chi connectivity index (χ3v) is 6.60. The molecule has 0 aromatic heterocycles. The van der Waals surface area contributed by atoms with E-state index in [9.17, 15) is 4.79 Å². The zero-order chi connectivity index (χ0) is 22.7. The lowest BCUT2D eigenvalue weighted by Crippen LogP contribution is -2.26. The van der Waals surface area contributed by atoms with Crippen LogP contribution in [0, 0.1) is 5.92 Å². The van der Waals surface area contributed by atoms with Crippen molar-refractivity contribution in [2.75, 3.05) is 0 Å². The van der Waals surface area contributed by atoms with E-state index in [1.807, 2.05) is 73.7 Å². The highest BCUT2D eigenvalue weighted by Crippen LogP contribution is 2.58. The number of hydrazone groups is 1. The average Bonchev–Trinajstić information content (AvgIpc) is 3.66. The van der Waals surface area contributed by atoms with Gasteiger partial charge in [-0.15, -0.1) is 0 Å². The Kier molecular flexibility index (Phi) is 5.62. The molecule has 0 spiro atoms. The summed E-state index contributed by atoms with van der Waals surface area (Å²) in [5.41, 5.74) is 9.01. The van der Waals surface area contributed by atoms with E-state index in [0.717, 1.165) is 23.3 Å². The Balaban J connectivity index is 1.32. The van der Waals surface area contributed by atoms with E-state index in [1.165, 1.54) is 16.7 Å². The largest absolute Gasteiger partial charge is 0.273 e. The molecule has 0 aliphatic heterocycles. The van der Waals surface area contributed by atoms with E-state index in [2.05, 4.69) is 59.1 Å². The molecule has 0 radical (unpaired) electrons. The van der Waals surface area contributed by atoms with Crippen molar-refractivity contribution in [1.29, 1.82) is 0 Å². The lowest BCUT2D eigenvalue weighted by atomic mass is 9.85. The highest BCUT2D eigenvalue weighted by atomic mass is 16.2. The Morgan fingerprint density at radius 3 is 1.76 bits per heavy atom. The number of hydrogen-bond donors (Lipinski definition) is 1. The van der Waals surface area contributed by atoms with Crippen LogP contribution in [0.2, 0.25) is 0 Å². The first-order chi connectivity index (χ1) is 16.2. The smallest absolute Gasteiger partial charge is 0.244 e. The number of rotatable bonds is 6. The summed E-state index contributed by atoms with van der Waals surface area (Å²) >= 11 is 0. The monoisotopic (exact) mass is 430 g/mol. The molecular weight excluding hydrogens is 404 g/mol. The molecule has 162 valence electrons. The highest BCUT2D eigenvalue weighted by molar-refractivity contribution is 6.00. The molecule has 0 saturated heterocycles. The minimum atomic E-state index is -0.284. The number of nitrogens with one attached hydrogen (secondary N) is 1. The van der Waals surface area contributed by atoms with Gasteiger partial charge in [0.2, 0.25) is 5.91 Å². The minimum Gasteiger partial charge on any atom is -0.273 e. The van der Waals surface area contributed by atoms with Crippen LogP contribution in [0.4, 0.5) is 0 Å². The molecule has 1 aliphatic rings. The van der Waals surface area contributed by atoms with Gasteiger partial charge < -0.3 is 0 Å². The Morgan fingerprint density at radius 2 is 1.21 bits per heavy atom. The molecule has 1 aliphatic carbocycles. The maximum atomic E-state index is 13.1. The summed E-state index contributed by atoms with van der Waals surface area (Å²) < 4.78 is 0. The van der Waals surface area contributed by atoms with Gasteiger partial charge in [-0.25, -0.2) is 5.43 Å². The summed E-state index contributed by atoms with van der Waals surface area (Å²) in [6.07, 6.45) is 0.785. The van der Waals surface area contributed by atoms with Crippen molar-refractivity contribution >= 4 is 11.6 Å². The zero-order valence-corrected chi connectivity index (χ0v) is 18.6. The van der Waals surface area contributed by atoms with Gasteiger partial charge in [0, 0.05) is 5.41 Å². The maximum absolute atomic E-state index is 13.1. The molecule has 1 N–H and O–H groups in total. The van der Waals surface area contributed by atoms with Crippen LogP contribution in [0.1, 0.15) is 30.0 Å². The van der Waals surface area contributed by atoms with Crippen LogP contribution >= 0.6 is 0 Å². The second-order valence-corrected chi connectivity index (χ2v) is 8.58. The van der Waals surface area contributed by atoms with Crippen LogP contribution in [-0.4, -0.2) is 11.6 Å². The van der Waals surface area contributed by atoms with Crippen LogP contribution in [0.25, 0.3) is 11.1 Å². The fourth-order valence-electron chi connectivity index (χ4n) is 4.67. The summed E-state index contributed by atoms with van der Waals surface area (Å²) in [6, 6.07) is 39.2. The fourth-order valence-corrected chi connectivity index (χ4v) is 4.67. The van der Waals surface area contributed by atoms with Crippen LogP contribution in [0.15, 0.2) is 120 Å². The first-order valence-corrected chi connectivity index (χ1v) is 11.3. The standard InChI is InChI=1S/C30H26N2O/c1-22(23-17-19-25(20-18-23)24-11-5-2-6-12-24)31-32-29(33)28-21-30(28,26-13-7-3-8-14-26)27-15-9-4-10-16-27/h2-20,28H,21H2,1H3,(H,32,33). The lowest BCUT2D eigenvalue weighted by Gasteiger charge is -2.18. The number of carbonyl (C=O) groups is 1. The SMILES string of the molecule is CC(=NNC(=O)C1CC1(c1ccccc1)c1ccccc1)c1ccc(-c2ccccc2)cc1. The maximum Gasteiger partial charge on any atom is 0.244 e. The summed E-state index contributed by atoms with van der Waals surface area (Å²) in [7, 11) is 0. The van der Waals surface area contributed by atoms with Crippen molar-refractivity contribution in [3.8, 4) is 11.1 Å². The Morgan fingerprint density at radius 1 is 0.727 bits per heavy atom. The van der Waals surface area contributed by atoms with Gasteiger partial charge in [-0.2, -0.15) is 5.10 Å². The molecule has 1 fully saturated rings. The molecule has 3 nitrogen and oxygen atoms in total. The third-order valence-electron chi connectivity index (χ3n) is 6.60. The molecule has 3 heteroatoms. The Bertz CT molecular complexity index is 1220. The fraction of sp³-hybridized carbons (Fsp3) is 0.133. The predicted octanol–water partition coefficient (Wildman–Crippen LogP) is 6.20. The number of amides is 1. The molecule has 4 aromatic rings. The van der Waals surface area contributed by atoms with E-state index in [-0.39, 0.29) is 17.2 Å². The first-order valence-electron chi connectivity index (χ1n) is 11.3. The molecule has 1 atom stereocenters. The van der Waals surface area contributed by atoms with Crippen molar-refractivity contribution in [2.24, 2.45) is 11.0 Å². The number of carbonyl (C=O) groups excluding carboxylic acids is 1. The van der Waals surface area contributed by atoms with Crippen LogP contribution in [0.3, 0.4) is 0 Å². The molecule has 5 rings (SSSR count). The van der Waals surface area contributed by atoms with Crippen LogP contribution < -0.4 is 5.43 Å². The predicted molar refractivity (Wildman–Crippen MR) is 134 cm³/mol. The summed E-state index contributed by atoms with van der Waals surface area (Å²) in [6.45, 7) is 1.92. The van der Waals surface area contributed by atoms with E-state index < -0.39 is 0 Å². The van der Waals surface area contributed by atoms with Crippen molar-refractivity contribution in [3.63, 3.8) is 0 Å². The number of nitrogens with zero attached hydrogens (tertiary/aromatic N) is 1. The van der Waals surface area contributed by atoms with Gasteiger partial charge in [-0.1, -0.05) is 115 Å². The second-order valence-electron chi connectivity index (χ2n) is 8.58. The van der Waals surface area contributed by atoms with E-state index in [4.69, 9.17) is 0 Å². The third kappa shape index (κ3) is 4.10. The van der Waals surface area contributed by atoms with Crippen molar-refractivity contribution in [2.45, 2.75) is 18.8 Å². The highest BCUT2D eigenvalue weighted by Gasteiger charge is 2.60. The molecule has 0 heterocycles. The van der Waals surface area contributed by atoms with Crippen molar-refractivity contribution in [3.05, 3.63) is 132 Å². The summed E-state index contributed by atoms with van der Waals surface area (Å²) in [4.78, 5) is 13.1. The summed E-state index contributed by atoms with van der Waals surface area (Å²) in [5.74, 6) is -0.178. The van der Waals surface area contributed by atoms with Crippen LogP contribution in [0.5, 0.6) is 0 Å². The lowest BCUT2D eigenvalue weighted by molar-refractivity contribution is -0.122. The topological polar surface area (TPSA) is 41.5 Å². The van der Waals surface area contributed by atoms with E-state index >= 15 is 0 Å². The zero-order valence-electron chi connectivity index (χ0n) is 18.6. The van der Waals surface area contributed by atoms with Crippen molar-refractivity contribution in [1.82, 2.24) is 5.43 Å². The van der Waals surface area contributed by atoms with E-state index in [0.29, 0.717) is 0 Å². The van der Waals surface area contributed by atoms with Gasteiger partial charge in [0.1, 0.15) is 0 Å². The van der Waals surface area contributed by atoms with Gasteiger partial charge in [0.05, 0.1) is 11.6 Å². The minimum absolute atomic E-state index is 0.0389. The van der Waals surface area contributed by atoms with Crippen molar-refractivity contribution < 1.29 is 4.79 Å². The molecule has 33 heavy (non-hydrogen) atoms.